The summed E-state index contributed by atoms with van der Waals surface area (Å²) in [4.78, 5) is 4.14. The lowest BCUT2D eigenvalue weighted by Crippen LogP contribution is -1.96. The Morgan fingerprint density at radius 1 is 1.10 bits per heavy atom. The van der Waals surface area contributed by atoms with Gasteiger partial charge in [0.2, 0.25) is 0 Å². The summed E-state index contributed by atoms with van der Waals surface area (Å²) in [6, 6.07) is 13.3. The van der Waals surface area contributed by atoms with Crippen LogP contribution in [0.15, 0.2) is 53.3 Å². The molecule has 0 amide bonds. The number of hydrogen-bond donors (Lipinski definition) is 2. The summed E-state index contributed by atoms with van der Waals surface area (Å²) < 4.78 is 0.869. The Hall–Kier alpha value is -2.58. The molecule has 1 heterocycles. The first kappa shape index (κ1) is 13.4. The number of aromatic nitrogens is 1. The van der Waals surface area contributed by atoms with E-state index in [1.165, 1.54) is 0 Å². The van der Waals surface area contributed by atoms with Crippen LogP contribution >= 0.6 is 15.9 Å². The number of pyridine rings is 1. The molecule has 5 heteroatoms. The minimum Gasteiger partial charge on any atom is -0.398 e. The fourth-order valence-electron chi connectivity index (χ4n) is 2.19. The first-order valence-electron chi connectivity index (χ1n) is 6.28. The van der Waals surface area contributed by atoms with Crippen molar-refractivity contribution >= 4 is 43.8 Å². The number of nitriles is 1. The Morgan fingerprint density at radius 3 is 2.71 bits per heavy atom. The number of anilines is 3. The SMILES string of the molecule is N#Cc1cc(Br)ccc1Nc1ccc(N)c2ccncc12. The monoisotopic (exact) mass is 338 g/mol. The lowest BCUT2D eigenvalue weighted by atomic mass is 10.1. The predicted octanol–water partition coefficient (Wildman–Crippen LogP) is 4.19. The highest BCUT2D eigenvalue weighted by molar-refractivity contribution is 9.10. The van der Waals surface area contributed by atoms with Gasteiger partial charge in [0, 0.05) is 39.0 Å². The number of halogens is 1. The molecular weight excluding hydrogens is 328 g/mol. The van der Waals surface area contributed by atoms with Crippen LogP contribution in [0, 0.1) is 11.3 Å². The van der Waals surface area contributed by atoms with E-state index < -0.39 is 0 Å². The normalized spacial score (nSPS) is 10.3. The van der Waals surface area contributed by atoms with Gasteiger partial charge in [0.25, 0.3) is 0 Å². The number of nitrogens with zero attached hydrogens (tertiary/aromatic N) is 2. The highest BCUT2D eigenvalue weighted by Gasteiger charge is 2.07. The van der Waals surface area contributed by atoms with Crippen molar-refractivity contribution in [1.82, 2.24) is 4.98 Å². The van der Waals surface area contributed by atoms with E-state index in [4.69, 9.17) is 5.73 Å². The van der Waals surface area contributed by atoms with Gasteiger partial charge < -0.3 is 11.1 Å². The van der Waals surface area contributed by atoms with Crippen molar-refractivity contribution < 1.29 is 0 Å². The zero-order chi connectivity index (χ0) is 14.8. The van der Waals surface area contributed by atoms with Crippen LogP contribution < -0.4 is 11.1 Å². The predicted molar refractivity (Wildman–Crippen MR) is 88.3 cm³/mol. The standard InChI is InChI=1S/C16H11BrN4/c17-11-1-3-15(10(7-11)8-18)21-16-4-2-14(19)12-5-6-20-9-13(12)16/h1-7,9,21H,19H2. The molecule has 0 saturated carbocycles. The van der Waals surface area contributed by atoms with Crippen LogP contribution in [0.5, 0.6) is 0 Å². The lowest BCUT2D eigenvalue weighted by molar-refractivity contribution is 1.36. The molecule has 0 spiro atoms. The van der Waals surface area contributed by atoms with Crippen LogP contribution in [0.4, 0.5) is 17.1 Å². The van der Waals surface area contributed by atoms with Gasteiger partial charge in [-0.3, -0.25) is 4.98 Å². The van der Waals surface area contributed by atoms with E-state index in [0.717, 1.165) is 26.6 Å². The van der Waals surface area contributed by atoms with E-state index >= 15 is 0 Å². The Morgan fingerprint density at radius 2 is 1.90 bits per heavy atom. The van der Waals surface area contributed by atoms with Crippen molar-refractivity contribution in [3.8, 4) is 6.07 Å². The maximum Gasteiger partial charge on any atom is 0.101 e. The average Bonchev–Trinajstić information content (AvgIpc) is 2.52. The summed E-state index contributed by atoms with van der Waals surface area (Å²) in [7, 11) is 0. The van der Waals surface area contributed by atoms with Gasteiger partial charge in [0.15, 0.2) is 0 Å². The first-order chi connectivity index (χ1) is 10.2. The van der Waals surface area contributed by atoms with Crippen molar-refractivity contribution in [3.63, 3.8) is 0 Å². The van der Waals surface area contributed by atoms with E-state index in [1.54, 1.807) is 18.5 Å². The lowest BCUT2D eigenvalue weighted by Gasteiger charge is -2.12. The molecule has 0 radical (unpaired) electrons. The number of fused-ring (bicyclic) bond motifs is 1. The van der Waals surface area contributed by atoms with Gasteiger partial charge in [0.1, 0.15) is 6.07 Å². The topological polar surface area (TPSA) is 74.7 Å². The molecule has 3 aromatic rings. The molecule has 0 unspecified atom stereocenters. The van der Waals surface area contributed by atoms with Gasteiger partial charge in [-0.2, -0.15) is 5.26 Å². The first-order valence-corrected chi connectivity index (χ1v) is 7.07. The third-order valence-corrected chi connectivity index (χ3v) is 3.72. The number of nitrogens with one attached hydrogen (secondary N) is 1. The van der Waals surface area contributed by atoms with Gasteiger partial charge in [-0.15, -0.1) is 0 Å². The molecule has 4 nitrogen and oxygen atoms in total. The van der Waals surface area contributed by atoms with Crippen LogP contribution in [0.3, 0.4) is 0 Å². The maximum atomic E-state index is 9.24. The number of rotatable bonds is 2. The summed E-state index contributed by atoms with van der Waals surface area (Å²) >= 11 is 3.37. The zero-order valence-corrected chi connectivity index (χ0v) is 12.6. The van der Waals surface area contributed by atoms with Gasteiger partial charge in [0.05, 0.1) is 11.3 Å². The van der Waals surface area contributed by atoms with Crippen molar-refractivity contribution in [2.45, 2.75) is 0 Å². The molecule has 3 rings (SSSR count). The van der Waals surface area contributed by atoms with Crippen molar-refractivity contribution in [1.29, 1.82) is 5.26 Å². The number of benzene rings is 2. The molecule has 21 heavy (non-hydrogen) atoms. The van der Waals surface area contributed by atoms with Crippen LogP contribution in [-0.4, -0.2) is 4.98 Å². The second-order valence-corrected chi connectivity index (χ2v) is 5.47. The van der Waals surface area contributed by atoms with Gasteiger partial charge in [-0.1, -0.05) is 15.9 Å². The highest BCUT2D eigenvalue weighted by Crippen LogP contribution is 2.31. The number of nitrogen functional groups attached to an aromatic ring is 1. The summed E-state index contributed by atoms with van der Waals surface area (Å²) in [6.07, 6.45) is 3.47. The van der Waals surface area contributed by atoms with E-state index in [0.29, 0.717) is 11.3 Å². The molecule has 0 aliphatic carbocycles. The third-order valence-electron chi connectivity index (χ3n) is 3.22. The van der Waals surface area contributed by atoms with Crippen LogP contribution in [0.2, 0.25) is 0 Å². The van der Waals surface area contributed by atoms with Gasteiger partial charge in [-0.05, 0) is 36.4 Å². The summed E-state index contributed by atoms with van der Waals surface area (Å²) in [5.74, 6) is 0. The van der Waals surface area contributed by atoms with Crippen molar-refractivity contribution in [3.05, 3.63) is 58.8 Å². The van der Waals surface area contributed by atoms with Gasteiger partial charge in [-0.25, -0.2) is 0 Å². The largest absolute Gasteiger partial charge is 0.398 e. The Kier molecular flexibility index (Phi) is 3.46. The Bertz CT molecular complexity index is 868. The van der Waals surface area contributed by atoms with Crippen LogP contribution in [0.1, 0.15) is 5.56 Å². The maximum absolute atomic E-state index is 9.24. The molecule has 2 aromatic carbocycles. The van der Waals surface area contributed by atoms with E-state index in [2.05, 4.69) is 32.3 Å². The van der Waals surface area contributed by atoms with Crippen molar-refractivity contribution in [2.24, 2.45) is 0 Å². The molecule has 3 N–H and O–H groups in total. The molecule has 0 aliphatic heterocycles. The fourth-order valence-corrected chi connectivity index (χ4v) is 2.55. The van der Waals surface area contributed by atoms with Crippen LogP contribution in [-0.2, 0) is 0 Å². The molecule has 0 atom stereocenters. The minimum atomic E-state index is 0.568. The Labute approximate surface area is 130 Å². The zero-order valence-electron chi connectivity index (χ0n) is 11.0. The smallest absolute Gasteiger partial charge is 0.101 e. The average molecular weight is 339 g/mol. The van der Waals surface area contributed by atoms with E-state index in [1.807, 2.05) is 30.3 Å². The summed E-state index contributed by atoms with van der Waals surface area (Å²) in [5, 5.41) is 14.4. The number of hydrogen-bond acceptors (Lipinski definition) is 4. The van der Waals surface area contributed by atoms with E-state index in [9.17, 15) is 5.26 Å². The van der Waals surface area contributed by atoms with Crippen LogP contribution in [0.25, 0.3) is 10.8 Å². The highest BCUT2D eigenvalue weighted by atomic mass is 79.9. The fraction of sp³-hybridized carbons (Fsp3) is 0. The second kappa shape index (κ2) is 5.43. The Balaban J connectivity index is 2.11. The molecule has 0 saturated heterocycles. The molecule has 102 valence electrons. The second-order valence-electron chi connectivity index (χ2n) is 4.55. The van der Waals surface area contributed by atoms with E-state index in [-0.39, 0.29) is 0 Å². The van der Waals surface area contributed by atoms with Gasteiger partial charge >= 0.3 is 0 Å². The molecular formula is C16H11BrN4. The minimum absolute atomic E-state index is 0.568. The third kappa shape index (κ3) is 2.54. The molecule has 0 bridgehead atoms. The quantitative estimate of drug-likeness (QED) is 0.687. The molecule has 0 aliphatic rings. The summed E-state index contributed by atoms with van der Waals surface area (Å²) in [5.41, 5.74) is 8.86. The number of nitrogens with two attached hydrogens (primary N) is 1. The molecule has 0 fully saturated rings. The summed E-state index contributed by atoms with van der Waals surface area (Å²) in [6.45, 7) is 0. The molecule has 1 aromatic heterocycles. The van der Waals surface area contributed by atoms with Crippen molar-refractivity contribution in [2.75, 3.05) is 11.1 Å².